The number of nitrogens with one attached hydrogen (secondary N) is 1. The van der Waals surface area contributed by atoms with E-state index in [4.69, 9.17) is 11.6 Å². The van der Waals surface area contributed by atoms with E-state index in [1.165, 1.54) is 12.1 Å². The van der Waals surface area contributed by atoms with Crippen molar-refractivity contribution in [3.05, 3.63) is 46.5 Å². The van der Waals surface area contributed by atoms with Gasteiger partial charge in [0.05, 0.1) is 23.0 Å². The Balaban J connectivity index is 2.13. The summed E-state index contributed by atoms with van der Waals surface area (Å²) >= 11 is 6.23. The van der Waals surface area contributed by atoms with E-state index in [0.717, 1.165) is 23.5 Å². The van der Waals surface area contributed by atoms with Crippen LogP contribution in [0.15, 0.2) is 24.3 Å². The first-order valence-electron chi connectivity index (χ1n) is 5.81. The molecule has 3 nitrogen and oxygen atoms in total. The molecule has 0 spiro atoms. The molecule has 0 radical (unpaired) electrons. The highest BCUT2D eigenvalue weighted by Gasteiger charge is 2.12. The van der Waals surface area contributed by atoms with Crippen molar-refractivity contribution in [3.8, 4) is 0 Å². The number of aryl methyl sites for hydroxylation is 2. The highest BCUT2D eigenvalue weighted by Crippen LogP contribution is 2.22. The fourth-order valence-electron chi connectivity index (χ4n) is 1.80. The second-order valence-corrected chi connectivity index (χ2v) is 4.43. The second kappa shape index (κ2) is 5.40. The number of nitrogens with zero attached hydrogens (tertiary/aromatic N) is 2. The number of hydrogen-bond acceptors (Lipinski definition) is 2. The van der Waals surface area contributed by atoms with Crippen molar-refractivity contribution in [2.75, 3.05) is 5.32 Å². The van der Waals surface area contributed by atoms with E-state index in [1.807, 2.05) is 20.0 Å². The predicted octanol–water partition coefficient (Wildman–Crippen LogP) is 3.39. The zero-order valence-corrected chi connectivity index (χ0v) is 11.1. The zero-order valence-electron chi connectivity index (χ0n) is 10.4. The maximum atomic E-state index is 13.0. The van der Waals surface area contributed by atoms with Crippen LogP contribution in [0, 0.1) is 5.82 Å². The third-order valence-electron chi connectivity index (χ3n) is 2.79. The molecule has 0 saturated carbocycles. The van der Waals surface area contributed by atoms with E-state index in [0.29, 0.717) is 11.6 Å². The first-order valence-corrected chi connectivity index (χ1v) is 6.19. The van der Waals surface area contributed by atoms with Crippen LogP contribution in [0.3, 0.4) is 0 Å². The summed E-state index contributed by atoms with van der Waals surface area (Å²) in [6, 6.07) is 6.34. The minimum absolute atomic E-state index is 0.259. The van der Waals surface area contributed by atoms with Gasteiger partial charge in [-0.05, 0) is 24.6 Å². The molecule has 96 valence electrons. The van der Waals surface area contributed by atoms with Gasteiger partial charge in [0.2, 0.25) is 0 Å². The molecule has 5 heteroatoms. The molecule has 0 aliphatic heterocycles. The summed E-state index contributed by atoms with van der Waals surface area (Å²) in [7, 11) is 1.85. The average molecular weight is 268 g/mol. The Bertz CT molecular complexity index is 551. The lowest BCUT2D eigenvalue weighted by Gasteiger charge is -2.07. The summed E-state index contributed by atoms with van der Waals surface area (Å²) in [4.78, 5) is 0. The molecule has 2 aromatic rings. The molecule has 0 aliphatic carbocycles. The molecule has 0 atom stereocenters. The van der Waals surface area contributed by atoms with E-state index in [2.05, 4.69) is 10.4 Å². The number of rotatable bonds is 4. The van der Waals surface area contributed by atoms with Gasteiger partial charge in [0, 0.05) is 12.7 Å². The van der Waals surface area contributed by atoms with Crippen LogP contribution in [0.2, 0.25) is 5.02 Å². The highest BCUT2D eigenvalue weighted by molar-refractivity contribution is 6.31. The van der Waals surface area contributed by atoms with Crippen molar-refractivity contribution < 1.29 is 4.39 Å². The molecule has 0 aliphatic rings. The Labute approximate surface area is 111 Å². The molecule has 1 aromatic carbocycles. The molecule has 18 heavy (non-hydrogen) atoms. The molecular weight excluding hydrogens is 253 g/mol. The number of anilines is 1. The van der Waals surface area contributed by atoms with Crippen molar-refractivity contribution in [1.82, 2.24) is 9.78 Å². The Morgan fingerprint density at radius 3 is 2.83 bits per heavy atom. The number of halogens is 2. The van der Waals surface area contributed by atoms with Gasteiger partial charge in [-0.3, -0.25) is 4.68 Å². The van der Waals surface area contributed by atoms with Crippen LogP contribution in [0.5, 0.6) is 0 Å². The highest BCUT2D eigenvalue weighted by atomic mass is 35.5. The number of aromatic nitrogens is 2. The van der Waals surface area contributed by atoms with Crippen LogP contribution in [-0.4, -0.2) is 9.78 Å². The van der Waals surface area contributed by atoms with Gasteiger partial charge in [0.25, 0.3) is 0 Å². The van der Waals surface area contributed by atoms with Crippen LogP contribution < -0.4 is 5.32 Å². The van der Waals surface area contributed by atoms with Gasteiger partial charge in [-0.15, -0.1) is 0 Å². The summed E-state index contributed by atoms with van der Waals surface area (Å²) in [5, 5.41) is 8.15. The molecule has 0 bridgehead atoms. The predicted molar refractivity (Wildman–Crippen MR) is 71.3 cm³/mol. The van der Waals surface area contributed by atoms with Crippen LogP contribution >= 0.6 is 11.6 Å². The molecule has 1 heterocycles. The van der Waals surface area contributed by atoms with Crippen molar-refractivity contribution in [3.63, 3.8) is 0 Å². The molecule has 0 saturated heterocycles. The maximum Gasteiger partial charge on any atom is 0.125 e. The number of benzene rings is 1. The van der Waals surface area contributed by atoms with E-state index >= 15 is 0 Å². The standard InChI is InChI=1S/C13H15ClFN3/c1-3-11-13(14)12(18(2)17-11)8-16-10-6-4-5-9(15)7-10/h4-7,16H,3,8H2,1-2H3. The Kier molecular flexibility index (Phi) is 3.87. The van der Waals surface area contributed by atoms with Crippen LogP contribution in [0.25, 0.3) is 0 Å². The Morgan fingerprint density at radius 2 is 2.22 bits per heavy atom. The van der Waals surface area contributed by atoms with E-state index in [-0.39, 0.29) is 5.82 Å². The molecule has 0 fully saturated rings. The van der Waals surface area contributed by atoms with Gasteiger partial charge >= 0.3 is 0 Å². The van der Waals surface area contributed by atoms with Crippen LogP contribution in [-0.2, 0) is 20.0 Å². The molecule has 2 rings (SSSR count). The average Bonchev–Trinajstić information content (AvgIpc) is 2.62. The van der Waals surface area contributed by atoms with E-state index in [9.17, 15) is 4.39 Å². The number of hydrogen-bond donors (Lipinski definition) is 1. The topological polar surface area (TPSA) is 29.9 Å². The van der Waals surface area contributed by atoms with Crippen molar-refractivity contribution in [1.29, 1.82) is 0 Å². The lowest BCUT2D eigenvalue weighted by atomic mass is 10.2. The van der Waals surface area contributed by atoms with Crippen molar-refractivity contribution in [2.45, 2.75) is 19.9 Å². The summed E-state index contributed by atoms with van der Waals surface area (Å²) < 4.78 is 14.8. The maximum absolute atomic E-state index is 13.0. The van der Waals surface area contributed by atoms with Gasteiger partial charge in [-0.25, -0.2) is 4.39 Å². The third-order valence-corrected chi connectivity index (χ3v) is 3.22. The van der Waals surface area contributed by atoms with E-state index < -0.39 is 0 Å². The van der Waals surface area contributed by atoms with Gasteiger partial charge < -0.3 is 5.32 Å². The zero-order chi connectivity index (χ0) is 13.1. The van der Waals surface area contributed by atoms with Gasteiger partial charge in [-0.1, -0.05) is 24.6 Å². The largest absolute Gasteiger partial charge is 0.379 e. The van der Waals surface area contributed by atoms with Crippen LogP contribution in [0.4, 0.5) is 10.1 Å². The molecule has 1 aromatic heterocycles. The Morgan fingerprint density at radius 1 is 1.44 bits per heavy atom. The summed E-state index contributed by atoms with van der Waals surface area (Å²) in [6.45, 7) is 2.53. The lowest BCUT2D eigenvalue weighted by molar-refractivity contribution is 0.628. The molecule has 1 N–H and O–H groups in total. The van der Waals surface area contributed by atoms with Gasteiger partial charge in [0.1, 0.15) is 5.82 Å². The van der Waals surface area contributed by atoms with Crippen LogP contribution in [0.1, 0.15) is 18.3 Å². The normalized spacial score (nSPS) is 10.7. The fraction of sp³-hybridized carbons (Fsp3) is 0.308. The monoisotopic (exact) mass is 267 g/mol. The molecular formula is C13H15ClFN3. The van der Waals surface area contributed by atoms with Crippen molar-refractivity contribution >= 4 is 17.3 Å². The van der Waals surface area contributed by atoms with Crippen molar-refractivity contribution in [2.24, 2.45) is 7.05 Å². The third kappa shape index (κ3) is 2.64. The summed E-state index contributed by atoms with van der Waals surface area (Å²) in [5.74, 6) is -0.259. The lowest BCUT2D eigenvalue weighted by Crippen LogP contribution is -2.06. The smallest absolute Gasteiger partial charge is 0.125 e. The fourth-order valence-corrected chi connectivity index (χ4v) is 2.16. The van der Waals surface area contributed by atoms with Gasteiger partial charge in [0.15, 0.2) is 0 Å². The molecule has 0 unspecified atom stereocenters. The second-order valence-electron chi connectivity index (χ2n) is 4.05. The van der Waals surface area contributed by atoms with E-state index in [1.54, 1.807) is 10.7 Å². The minimum Gasteiger partial charge on any atom is -0.379 e. The SMILES string of the molecule is CCc1nn(C)c(CNc2cccc(F)c2)c1Cl. The summed E-state index contributed by atoms with van der Waals surface area (Å²) in [6.07, 6.45) is 0.798. The quantitative estimate of drug-likeness (QED) is 0.920. The summed E-state index contributed by atoms with van der Waals surface area (Å²) in [5.41, 5.74) is 2.51. The first kappa shape index (κ1) is 12.9. The minimum atomic E-state index is -0.259. The Hall–Kier alpha value is -1.55. The van der Waals surface area contributed by atoms with Gasteiger partial charge in [-0.2, -0.15) is 5.10 Å². The molecule has 0 amide bonds. The first-order chi connectivity index (χ1) is 8.61.